The van der Waals surface area contributed by atoms with Gasteiger partial charge in [0.05, 0.1) is 36.0 Å². The third-order valence-electron chi connectivity index (χ3n) is 12.2. The molecule has 3 heterocycles. The van der Waals surface area contributed by atoms with Crippen LogP contribution in [0.15, 0.2) is 24.3 Å². The molecule has 24 heteroatoms. The fourth-order valence-electron chi connectivity index (χ4n) is 8.76. The van der Waals surface area contributed by atoms with Crippen LogP contribution < -0.4 is 10.1 Å². The first-order chi connectivity index (χ1) is 31.1. The molecule has 0 radical (unpaired) electrons. The molecule has 3 saturated heterocycles. The maximum absolute atomic E-state index is 14.4. The molecule has 2 aliphatic carbocycles. The fraction of sp³-hybridized carbons (Fsp3) is 0.476. The number of carbonyl (C=O) groups is 4. The van der Waals surface area contributed by atoms with Gasteiger partial charge in [-0.25, -0.2) is 0 Å². The minimum Gasteiger partial charge on any atom is -0.507 e. The molecule has 66 heavy (non-hydrogen) atoms. The van der Waals surface area contributed by atoms with Crippen LogP contribution in [0.1, 0.15) is 78.0 Å². The molecular weight excluding hydrogens is 886 g/mol. The number of hydrogen-bond acceptors (Lipinski definition) is 22. The smallest absolute Gasteiger partial charge is 0.322 e. The summed E-state index contributed by atoms with van der Waals surface area (Å²) in [5.74, 6) is -7.93. The van der Waals surface area contributed by atoms with Gasteiger partial charge < -0.3 is 100 Å². The Morgan fingerprint density at radius 2 is 1.27 bits per heavy atom. The van der Waals surface area contributed by atoms with E-state index in [0.717, 1.165) is 18.2 Å². The quantitative estimate of drug-likeness (QED) is 0.0777. The molecule has 5 aliphatic rings. The average molecular weight is 932 g/mol. The van der Waals surface area contributed by atoms with Gasteiger partial charge in [-0.15, -0.1) is 0 Å². The largest absolute Gasteiger partial charge is 0.507 e. The maximum Gasteiger partial charge on any atom is 0.322 e. The molecule has 3 fully saturated rings. The van der Waals surface area contributed by atoms with Crippen LogP contribution in [0.3, 0.4) is 0 Å². The molecule has 0 spiro atoms. The Labute approximate surface area is 370 Å². The predicted octanol–water partition coefficient (Wildman–Crippen LogP) is -3.42. The van der Waals surface area contributed by atoms with Gasteiger partial charge in [-0.05, 0) is 42.7 Å². The first-order valence-electron chi connectivity index (χ1n) is 20.3. The lowest BCUT2D eigenvalue weighted by Gasteiger charge is -2.45. The predicted molar refractivity (Wildman–Crippen MR) is 211 cm³/mol. The summed E-state index contributed by atoms with van der Waals surface area (Å²) in [5.41, 5.74) is -4.69. The Balaban J connectivity index is 1.21. The van der Waals surface area contributed by atoms with Gasteiger partial charge in [0.25, 0.3) is 5.91 Å². The number of carboxylic acid groups (broad SMARTS) is 1. The summed E-state index contributed by atoms with van der Waals surface area (Å²) in [6.45, 7) is 0.799. The minimum atomic E-state index is -2.02. The number of amides is 1. The number of nitrogens with one attached hydrogen (secondary N) is 1. The molecule has 356 valence electrons. The number of aryl methyl sites for hydroxylation is 1. The van der Waals surface area contributed by atoms with Crippen molar-refractivity contribution in [3.8, 4) is 34.1 Å². The first-order valence-corrected chi connectivity index (χ1v) is 20.3. The van der Waals surface area contributed by atoms with Crippen molar-refractivity contribution in [3.63, 3.8) is 0 Å². The second-order valence-corrected chi connectivity index (χ2v) is 16.5. The summed E-state index contributed by atoms with van der Waals surface area (Å²) >= 11 is 0. The van der Waals surface area contributed by atoms with E-state index in [1.165, 1.54) is 19.9 Å². The van der Waals surface area contributed by atoms with E-state index in [4.69, 9.17) is 28.4 Å². The number of carbonyl (C=O) groups excluding carboxylic acids is 3. The zero-order valence-electron chi connectivity index (χ0n) is 34.5. The third-order valence-corrected chi connectivity index (χ3v) is 12.2. The standard InChI is InChI=1S/C42H45NO23/c1-10-3-16-24(32(55)21(10)39(60)43-7-20(47)48)23-14(29(52)37(16)65-42-36(59)38(26(49)11(2)63-42)66-41-35(58)31(54)19(46)9-62-41)6-15-25(33(23)56)28(51)13-4-12(5-17(44)22(13)27(15)50)64-40-34(57)30(53)18(45)8-61-40/h3-6,11,18-19,26,29-31,34-38,40-42,44-46,49,52-59H,7-9H2,1-2H3,(H,43,60)(H,47,48). The number of rotatable bonds is 9. The molecule has 15 unspecified atom stereocenters. The van der Waals surface area contributed by atoms with Gasteiger partial charge in [0.15, 0.2) is 24.1 Å². The zero-order chi connectivity index (χ0) is 48.0. The van der Waals surface area contributed by atoms with Crippen LogP contribution >= 0.6 is 0 Å². The highest BCUT2D eigenvalue weighted by atomic mass is 16.7. The van der Waals surface area contributed by atoms with Crippen LogP contribution in [0.25, 0.3) is 11.1 Å². The van der Waals surface area contributed by atoms with Crippen molar-refractivity contribution in [2.45, 2.75) is 106 Å². The molecule has 1 amide bonds. The molecule has 24 nitrogen and oxygen atoms in total. The number of carboxylic acids is 1. The van der Waals surface area contributed by atoms with Crippen LogP contribution in [-0.4, -0.2) is 189 Å². The SMILES string of the molecule is Cc1cc2c(c(O)c1C(=O)NCC(=O)O)-c1c(cc3c(c1O)C(=O)c1cc(OC4OCC(O)C(O)C4O)cc(O)c1C3=O)C(O)C2OC1OC(C)C(O)C(OC2OCC(O)C(O)C2O)C1O. The first kappa shape index (κ1) is 47.1. The molecule has 0 aromatic heterocycles. The lowest BCUT2D eigenvalue weighted by Crippen LogP contribution is -2.62. The molecule has 15 atom stereocenters. The highest BCUT2D eigenvalue weighted by molar-refractivity contribution is 6.31. The molecule has 3 aliphatic heterocycles. The number of fused-ring (bicyclic) bond motifs is 5. The highest BCUT2D eigenvalue weighted by Crippen LogP contribution is 2.57. The van der Waals surface area contributed by atoms with Crippen molar-refractivity contribution >= 4 is 23.4 Å². The van der Waals surface area contributed by atoms with Crippen LogP contribution in [0.4, 0.5) is 0 Å². The van der Waals surface area contributed by atoms with E-state index >= 15 is 0 Å². The van der Waals surface area contributed by atoms with Gasteiger partial charge in [0, 0.05) is 28.3 Å². The van der Waals surface area contributed by atoms with E-state index in [1.54, 1.807) is 0 Å². The number of aromatic hydroxyl groups is 3. The molecule has 14 N–H and O–H groups in total. The summed E-state index contributed by atoms with van der Waals surface area (Å²) in [6, 6.07) is 4.04. The van der Waals surface area contributed by atoms with Crippen LogP contribution in [0.5, 0.6) is 23.0 Å². The van der Waals surface area contributed by atoms with Crippen molar-refractivity contribution in [3.05, 3.63) is 68.8 Å². The van der Waals surface area contributed by atoms with Gasteiger partial charge in [-0.1, -0.05) is 6.07 Å². The van der Waals surface area contributed by atoms with Crippen molar-refractivity contribution in [2.24, 2.45) is 0 Å². The Kier molecular flexibility index (Phi) is 12.6. The summed E-state index contributed by atoms with van der Waals surface area (Å²) in [5, 5.41) is 142. The summed E-state index contributed by atoms with van der Waals surface area (Å²) in [4.78, 5) is 53.4. The van der Waals surface area contributed by atoms with Gasteiger partial charge in [-0.2, -0.15) is 0 Å². The Morgan fingerprint density at radius 1 is 0.682 bits per heavy atom. The molecule has 0 saturated carbocycles. The summed E-state index contributed by atoms with van der Waals surface area (Å²) in [7, 11) is 0. The Hall–Kier alpha value is -5.42. The van der Waals surface area contributed by atoms with Crippen LogP contribution in [-0.2, 0) is 28.5 Å². The maximum atomic E-state index is 14.4. The number of aliphatic hydroxyl groups is 9. The van der Waals surface area contributed by atoms with Gasteiger partial charge in [-0.3, -0.25) is 19.2 Å². The van der Waals surface area contributed by atoms with Crippen LogP contribution in [0, 0.1) is 6.92 Å². The van der Waals surface area contributed by atoms with Crippen LogP contribution in [0.2, 0.25) is 0 Å². The normalized spacial score (nSPS) is 33.8. The van der Waals surface area contributed by atoms with Crippen molar-refractivity contribution in [1.82, 2.24) is 5.32 Å². The van der Waals surface area contributed by atoms with Crippen molar-refractivity contribution in [1.29, 1.82) is 0 Å². The fourth-order valence-corrected chi connectivity index (χ4v) is 8.76. The number of benzene rings is 3. The number of hydrogen-bond donors (Lipinski definition) is 14. The molecule has 3 aromatic carbocycles. The second-order valence-electron chi connectivity index (χ2n) is 16.5. The molecule has 8 rings (SSSR count). The van der Waals surface area contributed by atoms with E-state index in [9.17, 15) is 85.6 Å². The number of ketones is 2. The number of phenolic OH excluding ortho intramolecular Hbond substituents is 3. The topological polar surface area (TPSA) is 399 Å². The Bertz CT molecular complexity index is 2480. The highest BCUT2D eigenvalue weighted by Gasteiger charge is 2.51. The van der Waals surface area contributed by atoms with Gasteiger partial charge >= 0.3 is 5.97 Å². The lowest BCUT2D eigenvalue weighted by molar-refractivity contribution is -0.353. The molecule has 0 bridgehead atoms. The zero-order valence-corrected chi connectivity index (χ0v) is 34.5. The summed E-state index contributed by atoms with van der Waals surface area (Å²) < 4.78 is 33.8. The monoisotopic (exact) mass is 931 g/mol. The Morgan fingerprint density at radius 3 is 1.92 bits per heavy atom. The number of aliphatic hydroxyl groups excluding tert-OH is 9. The van der Waals surface area contributed by atoms with E-state index in [2.05, 4.69) is 5.32 Å². The lowest BCUT2D eigenvalue weighted by atomic mass is 9.74. The van der Waals surface area contributed by atoms with E-state index in [1.807, 2.05) is 0 Å². The summed E-state index contributed by atoms with van der Waals surface area (Å²) in [6.07, 6.45) is -25.6. The van der Waals surface area contributed by atoms with Gasteiger partial charge in [0.2, 0.25) is 6.29 Å². The number of aliphatic carboxylic acids is 1. The van der Waals surface area contributed by atoms with Gasteiger partial charge in [0.1, 0.15) is 96.7 Å². The second kappa shape index (κ2) is 17.7. The van der Waals surface area contributed by atoms with Crippen molar-refractivity contribution < 1.29 is 114 Å². The molecule has 3 aromatic rings. The average Bonchev–Trinajstić information content (AvgIpc) is 3.26. The van der Waals surface area contributed by atoms with E-state index < -0.39 is 197 Å². The van der Waals surface area contributed by atoms with E-state index in [0.29, 0.717) is 0 Å². The number of phenols is 3. The third kappa shape index (κ3) is 7.82. The molecular formula is C42H45NO23. The van der Waals surface area contributed by atoms with E-state index in [-0.39, 0.29) is 16.9 Å². The number of ether oxygens (including phenoxy) is 6. The minimum absolute atomic E-state index is 0.0487. The van der Waals surface area contributed by atoms with Crippen molar-refractivity contribution in [2.75, 3.05) is 19.8 Å².